The van der Waals surface area contributed by atoms with Crippen molar-refractivity contribution >= 4 is 34.4 Å². The highest BCUT2D eigenvalue weighted by atomic mass is 32.2. The van der Waals surface area contributed by atoms with Crippen LogP contribution in [0.3, 0.4) is 0 Å². The molecular weight excluding hydrogens is 248 g/mol. The van der Waals surface area contributed by atoms with Gasteiger partial charge in [0.15, 0.2) is 5.16 Å². The van der Waals surface area contributed by atoms with E-state index in [0.717, 1.165) is 16.2 Å². The average Bonchev–Trinajstić information content (AvgIpc) is 2.70. The Balaban J connectivity index is 2.14. The maximum absolute atomic E-state index is 11.6. The minimum Gasteiger partial charge on any atom is -0.399 e. The van der Waals surface area contributed by atoms with Crippen LogP contribution in [-0.2, 0) is 4.79 Å². The summed E-state index contributed by atoms with van der Waals surface area (Å²) in [7, 11) is 0. The molecule has 1 aromatic heterocycles. The van der Waals surface area contributed by atoms with E-state index in [-0.39, 0.29) is 11.2 Å². The number of anilines is 1. The number of rotatable bonds is 4. The Bertz CT molecular complexity index is 566. The Hall–Kier alpha value is -1.69. The maximum Gasteiger partial charge on any atom is 0.233 e. The molecule has 1 amide bonds. The van der Waals surface area contributed by atoms with E-state index in [2.05, 4.69) is 15.3 Å². The van der Waals surface area contributed by atoms with Gasteiger partial charge in [0, 0.05) is 12.2 Å². The van der Waals surface area contributed by atoms with Crippen LogP contribution in [0.15, 0.2) is 23.4 Å². The van der Waals surface area contributed by atoms with E-state index in [1.165, 1.54) is 11.8 Å². The van der Waals surface area contributed by atoms with E-state index in [1.54, 1.807) is 0 Å². The smallest absolute Gasteiger partial charge is 0.233 e. The lowest BCUT2D eigenvalue weighted by Crippen LogP contribution is -2.30. The van der Waals surface area contributed by atoms with Gasteiger partial charge in [-0.1, -0.05) is 11.8 Å². The van der Waals surface area contributed by atoms with Gasteiger partial charge in [-0.25, -0.2) is 4.98 Å². The van der Waals surface area contributed by atoms with Crippen molar-refractivity contribution in [1.82, 2.24) is 15.3 Å². The molecule has 1 heterocycles. The summed E-state index contributed by atoms with van der Waals surface area (Å²) in [6.07, 6.45) is 0. The highest BCUT2D eigenvalue weighted by Crippen LogP contribution is 2.24. The van der Waals surface area contributed by atoms with Crippen LogP contribution in [-0.4, -0.2) is 27.7 Å². The summed E-state index contributed by atoms with van der Waals surface area (Å²) in [5.41, 5.74) is 8.14. The molecule has 96 valence electrons. The summed E-state index contributed by atoms with van der Waals surface area (Å²) in [4.78, 5) is 19.2. The van der Waals surface area contributed by atoms with E-state index >= 15 is 0 Å². The van der Waals surface area contributed by atoms with Gasteiger partial charge in [-0.3, -0.25) is 4.79 Å². The fraction of sp³-hybridized carbons (Fsp3) is 0.333. The number of aromatic amines is 1. The fourth-order valence-corrected chi connectivity index (χ4v) is 2.44. The third-order valence-corrected chi connectivity index (χ3v) is 3.48. The molecular formula is C12H16N4OS. The summed E-state index contributed by atoms with van der Waals surface area (Å²) in [6, 6.07) is 5.51. The van der Waals surface area contributed by atoms with Gasteiger partial charge in [-0.05, 0) is 32.0 Å². The van der Waals surface area contributed by atoms with Crippen LogP contribution in [0.25, 0.3) is 11.0 Å². The van der Waals surface area contributed by atoms with Gasteiger partial charge in [-0.15, -0.1) is 0 Å². The van der Waals surface area contributed by atoms with Gasteiger partial charge in [0.1, 0.15) is 0 Å². The van der Waals surface area contributed by atoms with Crippen molar-refractivity contribution in [2.45, 2.75) is 24.3 Å². The highest BCUT2D eigenvalue weighted by Gasteiger charge is 2.15. The number of hydrogen-bond donors (Lipinski definition) is 3. The molecule has 0 aliphatic rings. The normalized spacial score (nSPS) is 12.6. The molecule has 1 aromatic carbocycles. The molecule has 0 fully saturated rings. The molecule has 0 radical (unpaired) electrons. The van der Waals surface area contributed by atoms with E-state index < -0.39 is 0 Å². The molecule has 0 bridgehead atoms. The zero-order valence-electron chi connectivity index (χ0n) is 10.4. The SMILES string of the molecule is CCNC(=O)C(C)Sc1nc2ccc(N)cc2[nH]1. The third-order valence-electron chi connectivity index (χ3n) is 2.49. The van der Waals surface area contributed by atoms with E-state index in [0.29, 0.717) is 12.2 Å². The molecule has 0 saturated carbocycles. The number of carbonyl (C=O) groups is 1. The van der Waals surface area contributed by atoms with Crippen LogP contribution < -0.4 is 11.1 Å². The van der Waals surface area contributed by atoms with Crippen molar-refractivity contribution in [3.8, 4) is 0 Å². The molecule has 5 nitrogen and oxygen atoms in total. The van der Waals surface area contributed by atoms with Crippen LogP contribution in [0.5, 0.6) is 0 Å². The molecule has 0 saturated heterocycles. The van der Waals surface area contributed by atoms with E-state index in [9.17, 15) is 4.79 Å². The summed E-state index contributed by atoms with van der Waals surface area (Å²) >= 11 is 1.40. The number of fused-ring (bicyclic) bond motifs is 1. The summed E-state index contributed by atoms with van der Waals surface area (Å²) < 4.78 is 0. The number of carbonyl (C=O) groups excluding carboxylic acids is 1. The summed E-state index contributed by atoms with van der Waals surface area (Å²) in [6.45, 7) is 4.40. The topological polar surface area (TPSA) is 83.8 Å². The minimum atomic E-state index is -0.178. The molecule has 2 aromatic rings. The Labute approximate surface area is 110 Å². The van der Waals surface area contributed by atoms with Crippen molar-refractivity contribution in [3.05, 3.63) is 18.2 Å². The summed E-state index contributed by atoms with van der Waals surface area (Å²) in [5, 5.41) is 3.34. The van der Waals surface area contributed by atoms with Crippen LogP contribution in [0.2, 0.25) is 0 Å². The highest BCUT2D eigenvalue weighted by molar-refractivity contribution is 8.00. The van der Waals surface area contributed by atoms with Gasteiger partial charge in [0.05, 0.1) is 16.3 Å². The van der Waals surface area contributed by atoms with Gasteiger partial charge in [0.2, 0.25) is 5.91 Å². The largest absolute Gasteiger partial charge is 0.399 e. The van der Waals surface area contributed by atoms with E-state index in [1.807, 2.05) is 32.0 Å². The van der Waals surface area contributed by atoms with Crippen LogP contribution in [0.1, 0.15) is 13.8 Å². The fourth-order valence-electron chi connectivity index (χ4n) is 1.60. The number of nitrogens with zero attached hydrogens (tertiary/aromatic N) is 1. The maximum atomic E-state index is 11.6. The second-order valence-corrected chi connectivity index (χ2v) is 5.30. The molecule has 18 heavy (non-hydrogen) atoms. The van der Waals surface area contributed by atoms with E-state index in [4.69, 9.17) is 5.73 Å². The van der Waals surface area contributed by atoms with Gasteiger partial charge in [-0.2, -0.15) is 0 Å². The third kappa shape index (κ3) is 2.76. The number of aromatic nitrogens is 2. The predicted molar refractivity (Wildman–Crippen MR) is 74.5 cm³/mol. The first-order chi connectivity index (χ1) is 8.60. The Morgan fingerprint density at radius 2 is 2.39 bits per heavy atom. The molecule has 2 rings (SSSR count). The van der Waals surface area contributed by atoms with Crippen molar-refractivity contribution in [1.29, 1.82) is 0 Å². The van der Waals surface area contributed by atoms with Crippen molar-refractivity contribution in [2.24, 2.45) is 0 Å². The first-order valence-electron chi connectivity index (χ1n) is 5.79. The lowest BCUT2D eigenvalue weighted by atomic mass is 10.3. The van der Waals surface area contributed by atoms with Crippen LogP contribution >= 0.6 is 11.8 Å². The van der Waals surface area contributed by atoms with Crippen molar-refractivity contribution in [3.63, 3.8) is 0 Å². The monoisotopic (exact) mass is 264 g/mol. The molecule has 4 N–H and O–H groups in total. The standard InChI is InChI=1S/C12H16N4OS/c1-3-14-11(17)7(2)18-12-15-9-5-4-8(13)6-10(9)16-12/h4-7H,3,13H2,1-2H3,(H,14,17)(H,15,16). The molecule has 0 aliphatic carbocycles. The Kier molecular flexibility index (Phi) is 3.76. The zero-order chi connectivity index (χ0) is 13.1. The van der Waals surface area contributed by atoms with Gasteiger partial charge in [0.25, 0.3) is 0 Å². The first kappa shape index (κ1) is 12.8. The lowest BCUT2D eigenvalue weighted by Gasteiger charge is -2.08. The van der Waals surface area contributed by atoms with Crippen molar-refractivity contribution < 1.29 is 4.79 Å². The van der Waals surface area contributed by atoms with Gasteiger partial charge >= 0.3 is 0 Å². The zero-order valence-corrected chi connectivity index (χ0v) is 11.2. The number of amides is 1. The average molecular weight is 264 g/mol. The number of nitrogen functional groups attached to an aromatic ring is 1. The van der Waals surface area contributed by atoms with Crippen molar-refractivity contribution in [2.75, 3.05) is 12.3 Å². The molecule has 0 aliphatic heterocycles. The minimum absolute atomic E-state index is 0.0162. The van der Waals surface area contributed by atoms with Gasteiger partial charge < -0.3 is 16.0 Å². The summed E-state index contributed by atoms with van der Waals surface area (Å²) in [5.74, 6) is 0.0162. The molecule has 1 atom stereocenters. The lowest BCUT2D eigenvalue weighted by molar-refractivity contribution is -0.120. The number of hydrogen-bond acceptors (Lipinski definition) is 4. The first-order valence-corrected chi connectivity index (χ1v) is 6.67. The number of thioether (sulfide) groups is 1. The number of benzene rings is 1. The predicted octanol–water partition coefficient (Wildman–Crippen LogP) is 1.76. The number of imidazole rings is 1. The molecule has 6 heteroatoms. The van der Waals surface area contributed by atoms with Crippen LogP contribution in [0, 0.1) is 0 Å². The number of nitrogens with one attached hydrogen (secondary N) is 2. The molecule has 1 unspecified atom stereocenters. The number of H-pyrrole nitrogens is 1. The van der Waals surface area contributed by atoms with Crippen LogP contribution in [0.4, 0.5) is 5.69 Å². The number of nitrogens with two attached hydrogens (primary N) is 1. The Morgan fingerprint density at radius 3 is 3.11 bits per heavy atom. The Morgan fingerprint density at radius 1 is 1.61 bits per heavy atom. The quantitative estimate of drug-likeness (QED) is 0.580. The second-order valence-electron chi connectivity index (χ2n) is 3.97. The second kappa shape index (κ2) is 5.30. The molecule has 0 spiro atoms.